The number of carbonyl (C=O) groups is 1. The second-order valence-electron chi connectivity index (χ2n) is 6.54. The standard InChI is InChI=1S/C19H21Cl2N3O3S/c1-22(28(26,27)18-13-15(20)7-8-17(18)21)14-19(25)24-11-9-23(10-12-24)16-5-3-2-4-6-16/h2-8,13H,9-12,14H2,1H3. The Hall–Kier alpha value is -1.80. The van der Waals surface area contributed by atoms with E-state index in [4.69, 9.17) is 23.2 Å². The summed E-state index contributed by atoms with van der Waals surface area (Å²) in [5, 5.41) is 0.333. The number of para-hydroxylation sites is 1. The molecule has 0 unspecified atom stereocenters. The van der Waals surface area contributed by atoms with Gasteiger partial charge in [0.1, 0.15) is 4.90 Å². The minimum atomic E-state index is -3.92. The summed E-state index contributed by atoms with van der Waals surface area (Å²) in [4.78, 5) is 16.4. The number of sulfonamides is 1. The van der Waals surface area contributed by atoms with Crippen LogP contribution in [0.2, 0.25) is 10.0 Å². The average Bonchev–Trinajstić information content (AvgIpc) is 2.70. The normalized spacial score (nSPS) is 15.1. The zero-order chi connectivity index (χ0) is 20.3. The van der Waals surface area contributed by atoms with Crippen LogP contribution in [0.5, 0.6) is 0 Å². The number of hydrogen-bond donors (Lipinski definition) is 0. The first-order valence-electron chi connectivity index (χ1n) is 8.78. The number of benzene rings is 2. The summed E-state index contributed by atoms with van der Waals surface area (Å²) in [7, 11) is -2.55. The lowest BCUT2D eigenvalue weighted by molar-refractivity contribution is -0.131. The number of amides is 1. The summed E-state index contributed by atoms with van der Waals surface area (Å²) in [5.41, 5.74) is 1.12. The van der Waals surface area contributed by atoms with E-state index in [9.17, 15) is 13.2 Å². The molecule has 28 heavy (non-hydrogen) atoms. The zero-order valence-corrected chi connectivity index (χ0v) is 17.7. The molecule has 6 nitrogen and oxygen atoms in total. The van der Waals surface area contributed by atoms with Gasteiger partial charge in [-0.1, -0.05) is 41.4 Å². The Morgan fingerprint density at radius 2 is 1.68 bits per heavy atom. The van der Waals surface area contributed by atoms with Crippen molar-refractivity contribution in [3.05, 3.63) is 58.6 Å². The van der Waals surface area contributed by atoms with Crippen LogP contribution in [0.15, 0.2) is 53.4 Å². The lowest BCUT2D eigenvalue weighted by Gasteiger charge is -2.36. The summed E-state index contributed by atoms with van der Waals surface area (Å²) in [6.07, 6.45) is 0. The minimum absolute atomic E-state index is 0.0696. The molecule has 1 fully saturated rings. The molecule has 0 aromatic heterocycles. The highest BCUT2D eigenvalue weighted by Crippen LogP contribution is 2.27. The Bertz CT molecular complexity index is 946. The van der Waals surface area contributed by atoms with Gasteiger partial charge in [-0.3, -0.25) is 4.79 Å². The van der Waals surface area contributed by atoms with Crippen molar-refractivity contribution < 1.29 is 13.2 Å². The van der Waals surface area contributed by atoms with Crippen LogP contribution >= 0.6 is 23.2 Å². The highest BCUT2D eigenvalue weighted by molar-refractivity contribution is 7.89. The van der Waals surface area contributed by atoms with Crippen LogP contribution in [0.1, 0.15) is 0 Å². The van der Waals surface area contributed by atoms with E-state index in [0.29, 0.717) is 26.2 Å². The SMILES string of the molecule is CN(CC(=O)N1CCN(c2ccccc2)CC1)S(=O)(=O)c1cc(Cl)ccc1Cl. The third kappa shape index (κ3) is 4.60. The van der Waals surface area contributed by atoms with E-state index in [2.05, 4.69) is 4.90 Å². The fourth-order valence-electron chi connectivity index (χ4n) is 3.07. The fourth-order valence-corrected chi connectivity index (χ4v) is 4.92. The maximum absolute atomic E-state index is 12.8. The molecule has 0 saturated carbocycles. The predicted octanol–water partition coefficient (Wildman–Crippen LogP) is 2.96. The molecule has 150 valence electrons. The van der Waals surface area contributed by atoms with Crippen LogP contribution < -0.4 is 4.90 Å². The molecular formula is C19H21Cl2N3O3S. The largest absolute Gasteiger partial charge is 0.368 e. The second kappa shape index (κ2) is 8.69. The Morgan fingerprint density at radius 1 is 1.04 bits per heavy atom. The van der Waals surface area contributed by atoms with Gasteiger partial charge >= 0.3 is 0 Å². The second-order valence-corrected chi connectivity index (χ2v) is 9.40. The summed E-state index contributed by atoms with van der Waals surface area (Å²) in [6, 6.07) is 14.2. The number of hydrogen-bond acceptors (Lipinski definition) is 4. The van der Waals surface area contributed by atoms with E-state index >= 15 is 0 Å². The van der Waals surface area contributed by atoms with Gasteiger partial charge in [-0.05, 0) is 30.3 Å². The number of nitrogens with zero attached hydrogens (tertiary/aromatic N) is 3. The van der Waals surface area contributed by atoms with Crippen LogP contribution in [0, 0.1) is 0 Å². The van der Waals surface area contributed by atoms with Crippen molar-refractivity contribution >= 4 is 44.8 Å². The van der Waals surface area contributed by atoms with Gasteiger partial charge in [0, 0.05) is 43.9 Å². The molecule has 9 heteroatoms. The quantitative estimate of drug-likeness (QED) is 0.715. The van der Waals surface area contributed by atoms with Gasteiger partial charge in [-0.15, -0.1) is 0 Å². The highest BCUT2D eigenvalue weighted by Gasteiger charge is 2.28. The molecule has 0 spiro atoms. The van der Waals surface area contributed by atoms with Gasteiger partial charge < -0.3 is 9.80 Å². The summed E-state index contributed by atoms with van der Waals surface area (Å²) < 4.78 is 26.5. The van der Waals surface area contributed by atoms with Gasteiger partial charge in [-0.25, -0.2) is 8.42 Å². The van der Waals surface area contributed by atoms with Crippen molar-refractivity contribution in [2.24, 2.45) is 0 Å². The summed E-state index contributed by atoms with van der Waals surface area (Å²) in [5.74, 6) is -0.239. The van der Waals surface area contributed by atoms with Crippen molar-refractivity contribution in [2.45, 2.75) is 4.90 Å². The van der Waals surface area contributed by atoms with Crippen molar-refractivity contribution in [1.29, 1.82) is 0 Å². The average molecular weight is 442 g/mol. The lowest BCUT2D eigenvalue weighted by atomic mass is 10.2. The van der Waals surface area contributed by atoms with Crippen molar-refractivity contribution in [3.63, 3.8) is 0 Å². The topological polar surface area (TPSA) is 60.9 Å². The molecule has 0 bridgehead atoms. The number of piperazine rings is 1. The maximum Gasteiger partial charge on any atom is 0.244 e. The molecule has 0 aliphatic carbocycles. The number of anilines is 1. The van der Waals surface area contributed by atoms with Crippen molar-refractivity contribution in [3.8, 4) is 0 Å². The Morgan fingerprint density at radius 3 is 2.32 bits per heavy atom. The molecule has 2 aromatic carbocycles. The summed E-state index contributed by atoms with van der Waals surface area (Å²) >= 11 is 11.9. The maximum atomic E-state index is 12.8. The van der Waals surface area contributed by atoms with Gasteiger partial charge in [0.25, 0.3) is 0 Å². The molecule has 2 aromatic rings. The Labute approximate surface area is 175 Å². The minimum Gasteiger partial charge on any atom is -0.368 e. The van der Waals surface area contributed by atoms with E-state index in [0.717, 1.165) is 9.99 Å². The van der Waals surface area contributed by atoms with Crippen LogP contribution in [-0.2, 0) is 14.8 Å². The van der Waals surface area contributed by atoms with Crippen LogP contribution in [0.4, 0.5) is 5.69 Å². The van der Waals surface area contributed by atoms with Gasteiger partial charge in [0.05, 0.1) is 11.6 Å². The van der Waals surface area contributed by atoms with Crippen molar-refractivity contribution in [1.82, 2.24) is 9.21 Å². The first-order chi connectivity index (χ1) is 13.3. The molecule has 1 amide bonds. The van der Waals surface area contributed by atoms with Crippen molar-refractivity contribution in [2.75, 3.05) is 44.7 Å². The van der Waals surface area contributed by atoms with Gasteiger partial charge in [0.15, 0.2) is 0 Å². The third-order valence-corrected chi connectivity index (χ3v) is 7.21. The van der Waals surface area contributed by atoms with E-state index in [1.165, 1.54) is 25.2 Å². The first kappa shape index (κ1) is 20.9. The molecule has 1 heterocycles. The van der Waals surface area contributed by atoms with Gasteiger partial charge in [0.2, 0.25) is 15.9 Å². The molecule has 0 atom stereocenters. The van der Waals surface area contributed by atoms with E-state index < -0.39 is 10.0 Å². The third-order valence-electron chi connectivity index (χ3n) is 4.69. The fraction of sp³-hybridized carbons (Fsp3) is 0.316. The van der Waals surface area contributed by atoms with Gasteiger partial charge in [-0.2, -0.15) is 4.31 Å². The molecule has 1 aliphatic heterocycles. The number of rotatable bonds is 5. The molecule has 0 N–H and O–H groups in total. The van der Waals surface area contributed by atoms with E-state index in [1.807, 2.05) is 30.3 Å². The molecule has 1 aliphatic rings. The Kier molecular flexibility index (Phi) is 6.50. The van der Waals surface area contributed by atoms with Crippen LogP contribution in [0.25, 0.3) is 0 Å². The molecular weight excluding hydrogens is 421 g/mol. The Balaban J connectivity index is 1.62. The predicted molar refractivity (Wildman–Crippen MR) is 112 cm³/mol. The number of likely N-dealkylation sites (N-methyl/N-ethyl adjacent to an activating group) is 1. The van der Waals surface area contributed by atoms with Crippen LogP contribution in [-0.4, -0.2) is 63.3 Å². The van der Waals surface area contributed by atoms with Crippen LogP contribution in [0.3, 0.4) is 0 Å². The number of halogens is 2. The molecule has 3 rings (SSSR count). The smallest absolute Gasteiger partial charge is 0.244 e. The lowest BCUT2D eigenvalue weighted by Crippen LogP contribution is -2.51. The monoisotopic (exact) mass is 441 g/mol. The summed E-state index contributed by atoms with van der Waals surface area (Å²) in [6.45, 7) is 2.23. The first-order valence-corrected chi connectivity index (χ1v) is 11.0. The molecule has 0 radical (unpaired) electrons. The number of carbonyl (C=O) groups excluding carboxylic acids is 1. The van der Waals surface area contributed by atoms with E-state index in [1.54, 1.807) is 4.90 Å². The zero-order valence-electron chi connectivity index (χ0n) is 15.4. The highest BCUT2D eigenvalue weighted by atomic mass is 35.5. The molecule has 1 saturated heterocycles. The van der Waals surface area contributed by atoms with E-state index in [-0.39, 0.29) is 27.4 Å².